The topological polar surface area (TPSA) is 147 Å². The Hall–Kier alpha value is -4.01. The zero-order chi connectivity index (χ0) is 19.7. The van der Waals surface area contributed by atoms with Crippen LogP contribution in [-0.2, 0) is 4.79 Å². The van der Waals surface area contributed by atoms with Gasteiger partial charge in [-0.25, -0.2) is 0 Å². The van der Waals surface area contributed by atoms with Gasteiger partial charge in [-0.2, -0.15) is 0 Å². The van der Waals surface area contributed by atoms with Gasteiger partial charge in [-0.05, 0) is 41.5 Å². The first-order valence-corrected chi connectivity index (χ1v) is 7.61. The van der Waals surface area contributed by atoms with E-state index in [1.54, 1.807) is 12.1 Å². The number of hydrogen-bond acceptors (Lipinski definition) is 7. The number of carboxylic acids is 2. The van der Waals surface area contributed by atoms with Crippen LogP contribution in [0, 0.1) is 0 Å². The van der Waals surface area contributed by atoms with Crippen LogP contribution in [0.3, 0.4) is 0 Å². The first-order valence-electron chi connectivity index (χ1n) is 7.61. The Balaban J connectivity index is 1.79. The zero-order valence-corrected chi connectivity index (χ0v) is 13.6. The van der Waals surface area contributed by atoms with Crippen LogP contribution in [0.25, 0.3) is 0 Å². The van der Waals surface area contributed by atoms with Gasteiger partial charge in [0.1, 0.15) is 6.54 Å². The Morgan fingerprint density at radius 1 is 0.852 bits per heavy atom. The number of carboxylic acid groups (broad SMARTS) is 2. The summed E-state index contributed by atoms with van der Waals surface area (Å²) in [6.45, 7) is -0.622. The Bertz CT molecular complexity index is 945. The second-order valence-corrected chi connectivity index (χ2v) is 5.66. The van der Waals surface area contributed by atoms with E-state index in [-0.39, 0.29) is 16.8 Å². The fourth-order valence-electron chi connectivity index (χ4n) is 2.66. The summed E-state index contributed by atoms with van der Waals surface area (Å²) in [6.07, 6.45) is 0. The summed E-state index contributed by atoms with van der Waals surface area (Å²) in [7, 11) is 0. The van der Waals surface area contributed by atoms with Gasteiger partial charge in [0.2, 0.25) is 5.91 Å². The number of imide groups is 1. The van der Waals surface area contributed by atoms with Gasteiger partial charge in [0, 0.05) is 5.69 Å². The van der Waals surface area contributed by atoms with Crippen molar-refractivity contribution in [1.29, 1.82) is 0 Å². The van der Waals surface area contributed by atoms with E-state index < -0.39 is 47.3 Å². The molecular formula is C18H10N2O7-2. The summed E-state index contributed by atoms with van der Waals surface area (Å²) in [5.74, 6) is -5.37. The monoisotopic (exact) mass is 366 g/mol. The molecule has 9 nitrogen and oxygen atoms in total. The third-order valence-corrected chi connectivity index (χ3v) is 3.87. The van der Waals surface area contributed by atoms with E-state index in [0.29, 0.717) is 0 Å². The number of nitrogens with zero attached hydrogens (tertiary/aromatic N) is 1. The third kappa shape index (κ3) is 3.38. The maximum Gasteiger partial charge on any atom is 0.262 e. The number of anilines is 1. The van der Waals surface area contributed by atoms with Gasteiger partial charge in [-0.15, -0.1) is 0 Å². The molecule has 1 heterocycles. The van der Waals surface area contributed by atoms with Gasteiger partial charge in [0.15, 0.2) is 0 Å². The molecule has 0 radical (unpaired) electrons. The van der Waals surface area contributed by atoms with Gasteiger partial charge in [0.25, 0.3) is 11.8 Å². The molecule has 0 bridgehead atoms. The number of aromatic carboxylic acids is 2. The zero-order valence-electron chi connectivity index (χ0n) is 13.6. The molecule has 9 heteroatoms. The molecule has 2 aromatic carbocycles. The van der Waals surface area contributed by atoms with E-state index in [1.165, 1.54) is 12.1 Å². The van der Waals surface area contributed by atoms with E-state index in [1.807, 2.05) is 0 Å². The number of fused-ring (bicyclic) bond motifs is 1. The number of nitrogens with one attached hydrogen (secondary N) is 1. The minimum atomic E-state index is -1.64. The van der Waals surface area contributed by atoms with Crippen LogP contribution in [-0.4, -0.2) is 41.1 Å². The van der Waals surface area contributed by atoms with Crippen molar-refractivity contribution in [2.24, 2.45) is 0 Å². The standard InChI is InChI=1S/C18H12N2O7/c21-14(8-20-15(22)12-3-1-2-4-13(12)16(20)23)19-11-6-9(17(24)25)5-10(7-11)18(26)27/h1-7H,8H2,(H,19,21)(H,24,25)(H,26,27)/p-2. The molecular weight excluding hydrogens is 356 g/mol. The molecule has 0 aliphatic carbocycles. The van der Waals surface area contributed by atoms with Crippen molar-refractivity contribution in [2.45, 2.75) is 0 Å². The molecule has 1 N–H and O–H groups in total. The molecule has 27 heavy (non-hydrogen) atoms. The minimum absolute atomic E-state index is 0.155. The number of carbonyl (C=O) groups excluding carboxylic acids is 5. The quantitative estimate of drug-likeness (QED) is 0.643. The van der Waals surface area contributed by atoms with E-state index >= 15 is 0 Å². The Morgan fingerprint density at radius 3 is 1.78 bits per heavy atom. The molecule has 0 unspecified atom stereocenters. The van der Waals surface area contributed by atoms with E-state index in [0.717, 1.165) is 23.1 Å². The number of rotatable bonds is 5. The molecule has 1 aliphatic heterocycles. The normalized spacial score (nSPS) is 12.7. The van der Waals surface area contributed by atoms with E-state index in [4.69, 9.17) is 0 Å². The summed E-state index contributed by atoms with van der Waals surface area (Å²) < 4.78 is 0. The largest absolute Gasteiger partial charge is 0.545 e. The lowest BCUT2D eigenvalue weighted by Crippen LogP contribution is -2.37. The van der Waals surface area contributed by atoms with Crippen LogP contribution in [0.5, 0.6) is 0 Å². The predicted molar refractivity (Wildman–Crippen MR) is 85.5 cm³/mol. The van der Waals surface area contributed by atoms with E-state index in [9.17, 15) is 34.2 Å². The van der Waals surface area contributed by atoms with Crippen LogP contribution in [0.2, 0.25) is 0 Å². The molecule has 0 saturated heterocycles. The van der Waals surface area contributed by atoms with Crippen molar-refractivity contribution < 1.29 is 34.2 Å². The molecule has 1 aliphatic rings. The Labute approximate surface area is 151 Å². The van der Waals surface area contributed by atoms with Crippen molar-refractivity contribution in [3.63, 3.8) is 0 Å². The highest BCUT2D eigenvalue weighted by molar-refractivity contribution is 6.22. The predicted octanol–water partition coefficient (Wildman–Crippen LogP) is -1.35. The lowest BCUT2D eigenvalue weighted by molar-refractivity contribution is -0.255. The lowest BCUT2D eigenvalue weighted by atomic mass is 10.1. The first kappa shape index (κ1) is 17.8. The van der Waals surface area contributed by atoms with Gasteiger partial charge in [-0.1, -0.05) is 12.1 Å². The van der Waals surface area contributed by atoms with Crippen molar-refractivity contribution in [2.75, 3.05) is 11.9 Å². The van der Waals surface area contributed by atoms with Crippen molar-refractivity contribution >= 4 is 35.3 Å². The highest BCUT2D eigenvalue weighted by Crippen LogP contribution is 2.22. The number of benzene rings is 2. The maximum absolute atomic E-state index is 12.2. The summed E-state index contributed by atoms with van der Waals surface area (Å²) in [5.41, 5.74) is -0.764. The molecule has 0 fully saturated rings. The average Bonchev–Trinajstić information content (AvgIpc) is 2.86. The van der Waals surface area contributed by atoms with Gasteiger partial charge in [0.05, 0.1) is 23.1 Å². The van der Waals surface area contributed by atoms with Crippen molar-refractivity contribution in [1.82, 2.24) is 4.90 Å². The van der Waals surface area contributed by atoms with Gasteiger partial charge < -0.3 is 25.1 Å². The second kappa shape index (κ2) is 6.71. The van der Waals surface area contributed by atoms with Crippen LogP contribution in [0.1, 0.15) is 41.4 Å². The Kier molecular flexibility index (Phi) is 4.43. The van der Waals surface area contributed by atoms with Crippen LogP contribution < -0.4 is 15.5 Å². The molecule has 3 rings (SSSR count). The van der Waals surface area contributed by atoms with Crippen molar-refractivity contribution in [3.05, 3.63) is 64.7 Å². The highest BCUT2D eigenvalue weighted by Gasteiger charge is 2.36. The minimum Gasteiger partial charge on any atom is -0.545 e. The smallest absolute Gasteiger partial charge is 0.262 e. The summed E-state index contributed by atoms with van der Waals surface area (Å²) in [4.78, 5) is 59.3. The van der Waals surface area contributed by atoms with E-state index in [2.05, 4.69) is 5.32 Å². The van der Waals surface area contributed by atoms with Crippen molar-refractivity contribution in [3.8, 4) is 0 Å². The number of carbonyl (C=O) groups is 5. The van der Waals surface area contributed by atoms with Crippen LogP contribution >= 0.6 is 0 Å². The summed E-state index contributed by atoms with van der Waals surface area (Å²) in [6, 6.07) is 8.89. The molecule has 0 aromatic heterocycles. The molecule has 0 atom stereocenters. The molecule has 0 spiro atoms. The van der Waals surface area contributed by atoms with Gasteiger partial charge in [-0.3, -0.25) is 19.3 Å². The number of hydrogen-bond donors (Lipinski definition) is 1. The molecule has 136 valence electrons. The number of amides is 3. The highest BCUT2D eigenvalue weighted by atomic mass is 16.4. The average molecular weight is 366 g/mol. The van der Waals surface area contributed by atoms with Crippen LogP contribution in [0.15, 0.2) is 42.5 Å². The third-order valence-electron chi connectivity index (χ3n) is 3.87. The Morgan fingerprint density at radius 2 is 1.33 bits per heavy atom. The first-order chi connectivity index (χ1) is 12.8. The molecule has 0 saturated carbocycles. The fourth-order valence-corrected chi connectivity index (χ4v) is 2.66. The van der Waals surface area contributed by atoms with Crippen LogP contribution in [0.4, 0.5) is 5.69 Å². The molecule has 3 amide bonds. The summed E-state index contributed by atoms with van der Waals surface area (Å²) >= 11 is 0. The van der Waals surface area contributed by atoms with Gasteiger partial charge >= 0.3 is 0 Å². The lowest BCUT2D eigenvalue weighted by Gasteiger charge is -2.15. The second-order valence-electron chi connectivity index (χ2n) is 5.66. The molecule has 2 aromatic rings. The summed E-state index contributed by atoms with van der Waals surface area (Å²) in [5, 5.41) is 24.2. The SMILES string of the molecule is O=C(CN1C(=O)c2ccccc2C1=O)Nc1cc(C(=O)[O-])cc(C(=O)[O-])c1. The maximum atomic E-state index is 12.2. The fraction of sp³-hybridized carbons (Fsp3) is 0.0556.